The second-order valence-electron chi connectivity index (χ2n) is 23.1. The number of hydrogen-bond acceptors (Lipinski definition) is 0. The first-order chi connectivity index (χ1) is 43.7. The minimum Gasteiger partial charge on any atom is -0.309 e. The summed E-state index contributed by atoms with van der Waals surface area (Å²) in [5, 5.41) is 15.5. The summed E-state index contributed by atoms with van der Waals surface area (Å²) >= 11 is 0. The van der Waals surface area contributed by atoms with Gasteiger partial charge in [-0.3, -0.25) is 0 Å². The molecule has 16 aromatic rings. The van der Waals surface area contributed by atoms with Crippen molar-refractivity contribution in [2.45, 2.75) is 0 Å². The van der Waals surface area contributed by atoms with Gasteiger partial charge in [0.15, 0.2) is 16.1 Å². The van der Waals surface area contributed by atoms with Gasteiger partial charge in [0.25, 0.3) is 0 Å². The van der Waals surface area contributed by atoms with Gasteiger partial charge >= 0.3 is 0 Å². The molecular formula is C84H60N2Si2. The average molecular weight is 1150 g/mol. The lowest BCUT2D eigenvalue weighted by atomic mass is 9.95. The highest BCUT2D eigenvalue weighted by Crippen LogP contribution is 2.43. The van der Waals surface area contributed by atoms with Crippen LogP contribution < -0.4 is 41.5 Å². The molecule has 0 spiro atoms. The summed E-state index contributed by atoms with van der Waals surface area (Å²) < 4.78 is 5.11. The number of aromatic nitrogens is 2. The molecule has 0 atom stereocenters. The van der Waals surface area contributed by atoms with E-state index in [0.717, 1.165) is 33.5 Å². The lowest BCUT2D eigenvalue weighted by molar-refractivity contribution is 1.17. The normalized spacial score (nSPS) is 11.9. The van der Waals surface area contributed by atoms with Gasteiger partial charge in [0.05, 0.1) is 27.8 Å². The summed E-state index contributed by atoms with van der Waals surface area (Å²) in [5.74, 6) is 0. The number of rotatable bonds is 13. The van der Waals surface area contributed by atoms with Crippen molar-refractivity contribution >= 4 is 101 Å². The zero-order valence-corrected chi connectivity index (χ0v) is 50.5. The Kier molecular flexibility index (Phi) is 13.3. The van der Waals surface area contributed by atoms with Gasteiger partial charge < -0.3 is 9.13 Å². The molecule has 0 saturated heterocycles. The maximum absolute atomic E-state index is 3.18. The zero-order chi connectivity index (χ0) is 58.4. The van der Waals surface area contributed by atoms with Crippen molar-refractivity contribution in [3.8, 4) is 44.8 Å². The summed E-state index contributed by atoms with van der Waals surface area (Å²) in [6.45, 7) is 0. The molecular weight excluding hydrogens is 1090 g/mol. The standard InChI is InChI=1S/C84H60N2Si2/c1-9-30-61(31-10-1)64-36-29-47-71(56-64)88(69-43-21-7-22-44-69,70-45-23-8-24-46-70)73-58-77(62-32-11-2-12-33-62)84(78(59-73)63-34-13-3-14-35-63)86-81-51-28-26-49-75(81)79-57-65(52-55-82(79)86)85-80-50-27-25-48-74(80)76-54-53-72(60-83(76)85)87(66-37-15-4-16-38-66,67-39-17-5-18-40-67)68-41-19-6-20-42-68/h1-60H. The molecule has 0 radical (unpaired) electrons. The van der Waals surface area contributed by atoms with Crippen LogP contribution in [0.2, 0.25) is 0 Å². The third-order valence-electron chi connectivity index (χ3n) is 18.4. The minimum atomic E-state index is -3.18. The molecule has 0 saturated carbocycles. The lowest BCUT2D eigenvalue weighted by Crippen LogP contribution is -2.74. The predicted molar refractivity (Wildman–Crippen MR) is 379 cm³/mol. The Morgan fingerprint density at radius 1 is 0.182 bits per heavy atom. The van der Waals surface area contributed by atoms with Crippen molar-refractivity contribution in [3.63, 3.8) is 0 Å². The van der Waals surface area contributed by atoms with Crippen LogP contribution in [0.5, 0.6) is 0 Å². The fraction of sp³-hybridized carbons (Fsp3) is 0. The van der Waals surface area contributed by atoms with E-state index in [2.05, 4.69) is 373 Å². The van der Waals surface area contributed by atoms with E-state index in [1.165, 1.54) is 96.3 Å². The SMILES string of the molecule is c1ccc(-c2cccc([Si](c3ccccc3)(c3ccccc3)c3cc(-c4ccccc4)c(-n4c5ccccc5c5cc(-n6c7ccccc7c7ccc([Si](c8ccccc8)(c8ccccc8)c8ccccc8)cc76)ccc54)c(-c4ccccc4)c3)c2)cc1. The second-order valence-corrected chi connectivity index (χ2v) is 30.7. The second kappa shape index (κ2) is 22.2. The fourth-order valence-corrected chi connectivity index (χ4v) is 24.2. The molecule has 0 aliphatic heterocycles. The van der Waals surface area contributed by atoms with Gasteiger partial charge in [-0.15, -0.1) is 0 Å². The summed E-state index contributed by atoms with van der Waals surface area (Å²) in [7, 11) is -6.05. The maximum Gasteiger partial charge on any atom is 0.179 e. The molecule has 88 heavy (non-hydrogen) atoms. The van der Waals surface area contributed by atoms with Gasteiger partial charge in [-0.05, 0) is 100 Å². The van der Waals surface area contributed by atoms with Crippen LogP contribution in [0.25, 0.3) is 88.4 Å². The number of fused-ring (bicyclic) bond motifs is 6. The monoisotopic (exact) mass is 1150 g/mol. The highest BCUT2D eigenvalue weighted by molar-refractivity contribution is 7.20. The number of benzene rings is 14. The largest absolute Gasteiger partial charge is 0.309 e. The lowest BCUT2D eigenvalue weighted by Gasteiger charge is -2.36. The highest BCUT2D eigenvalue weighted by atomic mass is 28.3. The van der Waals surface area contributed by atoms with Gasteiger partial charge in [-0.25, -0.2) is 0 Å². The van der Waals surface area contributed by atoms with Crippen molar-refractivity contribution in [2.75, 3.05) is 0 Å². The van der Waals surface area contributed by atoms with E-state index in [4.69, 9.17) is 0 Å². The van der Waals surface area contributed by atoms with Gasteiger partial charge in [-0.1, -0.05) is 328 Å². The predicted octanol–water partition coefficient (Wildman–Crippen LogP) is 15.6. The van der Waals surface area contributed by atoms with E-state index < -0.39 is 16.1 Å². The first-order valence-electron chi connectivity index (χ1n) is 30.5. The van der Waals surface area contributed by atoms with E-state index in [-0.39, 0.29) is 0 Å². The van der Waals surface area contributed by atoms with Gasteiger partial charge in [0.2, 0.25) is 0 Å². The minimum absolute atomic E-state index is 1.12. The molecule has 4 heteroatoms. The van der Waals surface area contributed by atoms with Crippen molar-refractivity contribution in [2.24, 2.45) is 0 Å². The Hall–Kier alpha value is -10.9. The molecule has 0 fully saturated rings. The summed E-state index contributed by atoms with van der Waals surface area (Å²) in [4.78, 5) is 0. The molecule has 2 aromatic heterocycles. The zero-order valence-electron chi connectivity index (χ0n) is 48.5. The van der Waals surface area contributed by atoms with Crippen LogP contribution in [0.1, 0.15) is 0 Å². The first kappa shape index (κ1) is 52.7. The summed E-state index contributed by atoms with van der Waals surface area (Å²) in [5.41, 5.74) is 14.0. The molecule has 0 bridgehead atoms. The average Bonchev–Trinajstić information content (AvgIpc) is 0.984. The molecule has 2 heterocycles. The number of hydrogen-bond donors (Lipinski definition) is 0. The van der Waals surface area contributed by atoms with E-state index in [1.54, 1.807) is 0 Å². The maximum atomic E-state index is 2.58. The molecule has 0 aliphatic carbocycles. The molecule has 0 amide bonds. The van der Waals surface area contributed by atoms with E-state index in [0.29, 0.717) is 0 Å². The molecule has 414 valence electrons. The smallest absolute Gasteiger partial charge is 0.179 e. The van der Waals surface area contributed by atoms with Crippen molar-refractivity contribution < 1.29 is 0 Å². The molecule has 0 unspecified atom stereocenters. The fourth-order valence-electron chi connectivity index (χ4n) is 14.6. The van der Waals surface area contributed by atoms with Crippen LogP contribution >= 0.6 is 0 Å². The van der Waals surface area contributed by atoms with E-state index >= 15 is 0 Å². The molecule has 0 aliphatic rings. The summed E-state index contributed by atoms with van der Waals surface area (Å²) in [6, 6.07) is 137. The van der Waals surface area contributed by atoms with Crippen LogP contribution in [-0.2, 0) is 0 Å². The quantitative estimate of drug-likeness (QED) is 0.0804. The van der Waals surface area contributed by atoms with Crippen LogP contribution in [-0.4, -0.2) is 25.3 Å². The van der Waals surface area contributed by atoms with Gasteiger partial charge in [0.1, 0.15) is 0 Å². The molecule has 16 rings (SSSR count). The Balaban J connectivity index is 0.978. The first-order valence-corrected chi connectivity index (χ1v) is 34.5. The van der Waals surface area contributed by atoms with Crippen LogP contribution in [0.15, 0.2) is 364 Å². The topological polar surface area (TPSA) is 9.86 Å². The van der Waals surface area contributed by atoms with E-state index in [9.17, 15) is 0 Å². The van der Waals surface area contributed by atoms with Crippen molar-refractivity contribution in [1.29, 1.82) is 0 Å². The number of para-hydroxylation sites is 2. The Morgan fingerprint density at radius 2 is 0.534 bits per heavy atom. The van der Waals surface area contributed by atoms with Crippen LogP contribution in [0.4, 0.5) is 0 Å². The molecule has 0 N–H and O–H groups in total. The van der Waals surface area contributed by atoms with Crippen LogP contribution in [0, 0.1) is 0 Å². The van der Waals surface area contributed by atoms with Crippen molar-refractivity contribution in [1.82, 2.24) is 9.13 Å². The van der Waals surface area contributed by atoms with Crippen LogP contribution in [0.3, 0.4) is 0 Å². The molecule has 2 nitrogen and oxygen atoms in total. The van der Waals surface area contributed by atoms with Crippen molar-refractivity contribution in [3.05, 3.63) is 364 Å². The third-order valence-corrected chi connectivity index (χ3v) is 27.9. The van der Waals surface area contributed by atoms with Gasteiger partial charge in [-0.2, -0.15) is 0 Å². The Morgan fingerprint density at radius 3 is 1.02 bits per heavy atom. The Bertz CT molecular complexity index is 4970. The Labute approximate surface area is 515 Å². The molecule has 14 aromatic carbocycles. The van der Waals surface area contributed by atoms with E-state index in [1.807, 2.05) is 0 Å². The van der Waals surface area contributed by atoms with Gasteiger partial charge in [0, 0.05) is 38.4 Å². The third kappa shape index (κ3) is 8.59. The number of nitrogens with zero attached hydrogens (tertiary/aromatic N) is 2. The summed E-state index contributed by atoms with van der Waals surface area (Å²) in [6.07, 6.45) is 0. The highest BCUT2D eigenvalue weighted by Gasteiger charge is 2.44.